The Labute approximate surface area is 144 Å². The molecule has 0 saturated carbocycles. The van der Waals surface area contributed by atoms with Gasteiger partial charge >= 0.3 is 6.61 Å². The Morgan fingerprint density at radius 3 is 2.64 bits per heavy atom. The molecule has 1 aliphatic rings. The first-order valence-corrected chi connectivity index (χ1v) is 7.74. The summed E-state index contributed by atoms with van der Waals surface area (Å²) in [5.74, 6) is 0.714. The summed E-state index contributed by atoms with van der Waals surface area (Å²) in [7, 11) is 1.69. The molecule has 0 aromatic heterocycles. The summed E-state index contributed by atoms with van der Waals surface area (Å²) in [5, 5.41) is 0. The highest BCUT2D eigenvalue weighted by Crippen LogP contribution is 2.26. The fraction of sp³-hybridized carbons (Fsp3) is 0.211. The molecule has 1 amide bonds. The third-order valence-electron chi connectivity index (χ3n) is 3.82. The van der Waals surface area contributed by atoms with Gasteiger partial charge in [0.05, 0.1) is 5.57 Å². The van der Waals surface area contributed by atoms with Gasteiger partial charge in [0, 0.05) is 19.2 Å². The Balaban J connectivity index is 1.66. The number of alkyl halides is 2. The van der Waals surface area contributed by atoms with Gasteiger partial charge in [-0.05, 0) is 29.8 Å². The first kappa shape index (κ1) is 17.0. The zero-order valence-electron chi connectivity index (χ0n) is 13.6. The molecule has 1 heterocycles. The van der Waals surface area contributed by atoms with E-state index in [4.69, 9.17) is 4.74 Å². The topological polar surface area (TPSA) is 38.8 Å². The summed E-state index contributed by atoms with van der Waals surface area (Å²) >= 11 is 0. The molecule has 0 unspecified atom stereocenters. The van der Waals surface area contributed by atoms with Crippen LogP contribution in [0, 0.1) is 0 Å². The largest absolute Gasteiger partial charge is 0.488 e. The van der Waals surface area contributed by atoms with Gasteiger partial charge in [-0.3, -0.25) is 4.79 Å². The zero-order valence-corrected chi connectivity index (χ0v) is 13.6. The van der Waals surface area contributed by atoms with Gasteiger partial charge in [-0.15, -0.1) is 0 Å². The Morgan fingerprint density at radius 2 is 1.92 bits per heavy atom. The second-order valence-corrected chi connectivity index (χ2v) is 5.68. The van der Waals surface area contributed by atoms with Crippen LogP contribution in [0.1, 0.15) is 11.1 Å². The molecule has 0 spiro atoms. The first-order chi connectivity index (χ1) is 12.0. The third kappa shape index (κ3) is 4.15. The summed E-state index contributed by atoms with van der Waals surface area (Å²) < 4.78 is 34.2. The minimum atomic E-state index is -2.85. The molecular formula is C19H17F2NO3. The van der Waals surface area contributed by atoms with Gasteiger partial charge in [0.2, 0.25) is 0 Å². The van der Waals surface area contributed by atoms with Crippen molar-refractivity contribution in [3.8, 4) is 11.5 Å². The standard InChI is InChI=1S/C19H17F2NO3/c1-22(11-13-6-8-16(9-7-13)25-19(20)21)18(23)15-10-14-4-2-3-5-17(14)24-12-15/h2-10,19H,11-12H2,1H3. The van der Waals surface area contributed by atoms with E-state index in [0.717, 1.165) is 16.9 Å². The molecule has 2 aromatic carbocycles. The molecule has 0 bridgehead atoms. The lowest BCUT2D eigenvalue weighted by atomic mass is 10.1. The van der Waals surface area contributed by atoms with Crippen molar-refractivity contribution in [3.63, 3.8) is 0 Å². The number of nitrogens with zero attached hydrogens (tertiary/aromatic N) is 1. The lowest BCUT2D eigenvalue weighted by Crippen LogP contribution is -2.30. The number of benzene rings is 2. The molecule has 6 heteroatoms. The highest BCUT2D eigenvalue weighted by molar-refractivity contribution is 5.99. The summed E-state index contributed by atoms with van der Waals surface area (Å²) in [5.41, 5.74) is 2.26. The van der Waals surface area contributed by atoms with E-state index in [2.05, 4.69) is 4.74 Å². The first-order valence-electron chi connectivity index (χ1n) is 7.74. The van der Waals surface area contributed by atoms with E-state index < -0.39 is 6.61 Å². The smallest absolute Gasteiger partial charge is 0.387 e. The molecule has 0 aliphatic carbocycles. The van der Waals surface area contributed by atoms with Gasteiger partial charge in [-0.2, -0.15) is 8.78 Å². The van der Waals surface area contributed by atoms with Gasteiger partial charge in [0.1, 0.15) is 18.1 Å². The minimum Gasteiger partial charge on any atom is -0.488 e. The van der Waals surface area contributed by atoms with E-state index >= 15 is 0 Å². The molecule has 0 fully saturated rings. The van der Waals surface area contributed by atoms with E-state index in [0.29, 0.717) is 12.1 Å². The predicted octanol–water partition coefficient (Wildman–Crippen LogP) is 3.72. The van der Waals surface area contributed by atoms with Gasteiger partial charge in [-0.25, -0.2) is 0 Å². The highest BCUT2D eigenvalue weighted by Gasteiger charge is 2.20. The number of ether oxygens (including phenoxy) is 2. The number of halogens is 2. The minimum absolute atomic E-state index is 0.0905. The summed E-state index contributed by atoms with van der Waals surface area (Å²) in [6, 6.07) is 13.7. The molecule has 0 atom stereocenters. The predicted molar refractivity (Wildman–Crippen MR) is 89.5 cm³/mol. The van der Waals surface area contributed by atoms with Crippen LogP contribution >= 0.6 is 0 Å². The van der Waals surface area contributed by atoms with E-state index in [-0.39, 0.29) is 18.3 Å². The number of hydrogen-bond acceptors (Lipinski definition) is 3. The van der Waals surface area contributed by atoms with Crippen molar-refractivity contribution in [3.05, 3.63) is 65.2 Å². The van der Waals surface area contributed by atoms with Crippen LogP contribution < -0.4 is 9.47 Å². The van der Waals surface area contributed by atoms with Crippen molar-refractivity contribution in [2.45, 2.75) is 13.2 Å². The van der Waals surface area contributed by atoms with Crippen LogP contribution in [0.2, 0.25) is 0 Å². The number of carbonyl (C=O) groups is 1. The molecule has 25 heavy (non-hydrogen) atoms. The number of para-hydroxylation sites is 1. The molecule has 0 radical (unpaired) electrons. The summed E-state index contributed by atoms with van der Waals surface area (Å²) in [6.07, 6.45) is 1.83. The van der Waals surface area contributed by atoms with Crippen molar-refractivity contribution < 1.29 is 23.0 Å². The average Bonchev–Trinajstić information content (AvgIpc) is 2.62. The van der Waals surface area contributed by atoms with Crippen molar-refractivity contribution in [2.75, 3.05) is 13.7 Å². The number of hydrogen-bond donors (Lipinski definition) is 0. The zero-order chi connectivity index (χ0) is 17.8. The van der Waals surface area contributed by atoms with Crippen LogP contribution in [0.5, 0.6) is 11.5 Å². The number of carbonyl (C=O) groups excluding carboxylic acids is 1. The molecular weight excluding hydrogens is 328 g/mol. The monoisotopic (exact) mass is 345 g/mol. The van der Waals surface area contributed by atoms with Crippen LogP contribution in [0.15, 0.2) is 54.1 Å². The summed E-state index contributed by atoms with van der Waals surface area (Å²) in [4.78, 5) is 14.1. The van der Waals surface area contributed by atoms with Crippen LogP contribution in [-0.4, -0.2) is 31.1 Å². The van der Waals surface area contributed by atoms with Crippen LogP contribution in [-0.2, 0) is 11.3 Å². The van der Waals surface area contributed by atoms with Gasteiger partial charge in [0.25, 0.3) is 5.91 Å². The fourth-order valence-corrected chi connectivity index (χ4v) is 2.61. The lowest BCUT2D eigenvalue weighted by Gasteiger charge is -2.22. The summed E-state index contributed by atoms with van der Waals surface area (Å²) in [6.45, 7) is -2.27. The number of fused-ring (bicyclic) bond motifs is 1. The second-order valence-electron chi connectivity index (χ2n) is 5.68. The lowest BCUT2D eigenvalue weighted by molar-refractivity contribution is -0.126. The van der Waals surface area contributed by atoms with E-state index in [9.17, 15) is 13.6 Å². The number of likely N-dealkylation sites (N-methyl/N-ethyl adjacent to an activating group) is 1. The second kappa shape index (κ2) is 7.34. The van der Waals surface area contributed by atoms with Crippen molar-refractivity contribution in [1.82, 2.24) is 4.90 Å². The molecule has 3 rings (SSSR count). The third-order valence-corrected chi connectivity index (χ3v) is 3.82. The normalized spacial score (nSPS) is 12.9. The van der Waals surface area contributed by atoms with Crippen molar-refractivity contribution in [1.29, 1.82) is 0 Å². The SMILES string of the molecule is CN(Cc1ccc(OC(F)F)cc1)C(=O)C1=Cc2ccccc2OC1. The van der Waals surface area contributed by atoms with Crippen LogP contribution in [0.25, 0.3) is 6.08 Å². The molecule has 4 nitrogen and oxygen atoms in total. The Bertz CT molecular complexity index is 788. The molecule has 1 aliphatic heterocycles. The molecule has 0 saturated heterocycles. The van der Waals surface area contributed by atoms with Crippen LogP contribution in [0.4, 0.5) is 8.78 Å². The number of rotatable bonds is 5. The van der Waals surface area contributed by atoms with Gasteiger partial charge in [0.15, 0.2) is 0 Å². The fourth-order valence-electron chi connectivity index (χ4n) is 2.61. The Hall–Kier alpha value is -2.89. The van der Waals surface area contributed by atoms with Crippen molar-refractivity contribution >= 4 is 12.0 Å². The van der Waals surface area contributed by atoms with Gasteiger partial charge in [-0.1, -0.05) is 30.3 Å². The highest BCUT2D eigenvalue weighted by atomic mass is 19.3. The van der Waals surface area contributed by atoms with E-state index in [1.54, 1.807) is 24.1 Å². The van der Waals surface area contributed by atoms with E-state index in [1.165, 1.54) is 12.1 Å². The maximum Gasteiger partial charge on any atom is 0.387 e. The number of amides is 1. The van der Waals surface area contributed by atoms with Crippen LogP contribution in [0.3, 0.4) is 0 Å². The van der Waals surface area contributed by atoms with E-state index in [1.807, 2.05) is 30.3 Å². The Kier molecular flexibility index (Phi) is 4.97. The quantitative estimate of drug-likeness (QED) is 0.829. The maximum atomic E-state index is 12.6. The van der Waals surface area contributed by atoms with Crippen molar-refractivity contribution in [2.24, 2.45) is 0 Å². The average molecular weight is 345 g/mol. The maximum absolute atomic E-state index is 12.6. The molecule has 2 aromatic rings. The molecule has 130 valence electrons. The van der Waals surface area contributed by atoms with Gasteiger partial charge < -0.3 is 14.4 Å². The Morgan fingerprint density at radius 1 is 1.20 bits per heavy atom. The molecule has 0 N–H and O–H groups in total.